The van der Waals surface area contributed by atoms with E-state index in [0.717, 1.165) is 12.5 Å². The van der Waals surface area contributed by atoms with Crippen LogP contribution < -0.4 is 9.46 Å². The van der Waals surface area contributed by atoms with E-state index in [1.807, 2.05) is 0 Å². The van der Waals surface area contributed by atoms with Crippen LogP contribution in [0.3, 0.4) is 0 Å². The summed E-state index contributed by atoms with van der Waals surface area (Å²) in [6.45, 7) is 1.26. The van der Waals surface area contributed by atoms with Gasteiger partial charge in [-0.25, -0.2) is 22.2 Å². The summed E-state index contributed by atoms with van der Waals surface area (Å²) in [4.78, 5) is 3.53. The molecule has 0 unspecified atom stereocenters. The number of hydrogen-bond acceptors (Lipinski definition) is 4. The number of benzene rings is 1. The van der Waals surface area contributed by atoms with Gasteiger partial charge in [0.2, 0.25) is 10.0 Å². The van der Waals surface area contributed by atoms with Crippen molar-refractivity contribution in [2.45, 2.75) is 6.92 Å². The molecule has 1 aromatic heterocycles. The number of sulfonamides is 1. The average molecular weight is 314 g/mol. The normalized spacial score (nSPS) is 11.2. The zero-order valence-electron chi connectivity index (χ0n) is 11.2. The lowest BCUT2D eigenvalue weighted by Crippen LogP contribution is -2.09. The minimum Gasteiger partial charge on any atom is -0.436 e. The van der Waals surface area contributed by atoms with Gasteiger partial charge in [-0.3, -0.25) is 4.72 Å². The van der Waals surface area contributed by atoms with Gasteiger partial charge < -0.3 is 4.74 Å². The first-order valence-corrected chi connectivity index (χ1v) is 7.72. The summed E-state index contributed by atoms with van der Waals surface area (Å²) in [6.07, 6.45) is 1.86. The molecule has 1 heterocycles. The Kier molecular flexibility index (Phi) is 4.08. The largest absolute Gasteiger partial charge is 0.436 e. The van der Waals surface area contributed by atoms with Gasteiger partial charge in [0.1, 0.15) is 11.6 Å². The van der Waals surface area contributed by atoms with E-state index < -0.39 is 21.7 Å². The van der Waals surface area contributed by atoms with E-state index in [-0.39, 0.29) is 22.9 Å². The van der Waals surface area contributed by atoms with Crippen molar-refractivity contribution >= 4 is 15.7 Å². The van der Waals surface area contributed by atoms with E-state index >= 15 is 0 Å². The van der Waals surface area contributed by atoms with Crippen molar-refractivity contribution in [2.24, 2.45) is 0 Å². The van der Waals surface area contributed by atoms with E-state index in [2.05, 4.69) is 9.71 Å². The summed E-state index contributed by atoms with van der Waals surface area (Å²) in [5.41, 5.74) is 0.0552. The van der Waals surface area contributed by atoms with Crippen molar-refractivity contribution in [3.63, 3.8) is 0 Å². The molecule has 112 valence electrons. The van der Waals surface area contributed by atoms with Crippen LogP contribution in [0.5, 0.6) is 11.6 Å². The lowest BCUT2D eigenvalue weighted by molar-refractivity contribution is 0.413. The molecule has 0 saturated heterocycles. The standard InChI is InChI=1S/C13H12F2N2O3S/c1-8-11(14)7-16-13(12(8)15)20-10-5-3-4-9(6-10)17-21(2,18)19/h3-7,17H,1-2H3. The van der Waals surface area contributed by atoms with Gasteiger partial charge in [0, 0.05) is 11.6 Å². The van der Waals surface area contributed by atoms with E-state index in [1.54, 1.807) is 0 Å². The van der Waals surface area contributed by atoms with Crippen molar-refractivity contribution < 1.29 is 21.9 Å². The maximum absolute atomic E-state index is 13.8. The highest BCUT2D eigenvalue weighted by Gasteiger charge is 2.13. The molecule has 0 radical (unpaired) electrons. The monoisotopic (exact) mass is 314 g/mol. The summed E-state index contributed by atoms with van der Waals surface area (Å²) >= 11 is 0. The van der Waals surface area contributed by atoms with Crippen molar-refractivity contribution in [3.05, 3.63) is 47.7 Å². The molecule has 0 fully saturated rings. The minimum absolute atomic E-state index is 0.168. The molecule has 21 heavy (non-hydrogen) atoms. The molecule has 1 N–H and O–H groups in total. The number of rotatable bonds is 4. The average Bonchev–Trinajstić information content (AvgIpc) is 2.38. The molecule has 5 nitrogen and oxygen atoms in total. The lowest BCUT2D eigenvalue weighted by Gasteiger charge is -2.09. The molecule has 2 aromatic rings. The maximum atomic E-state index is 13.8. The van der Waals surface area contributed by atoms with Crippen molar-refractivity contribution in [2.75, 3.05) is 11.0 Å². The van der Waals surface area contributed by atoms with E-state index in [1.165, 1.54) is 31.2 Å². The number of pyridine rings is 1. The second kappa shape index (κ2) is 5.65. The van der Waals surface area contributed by atoms with Crippen molar-refractivity contribution in [1.29, 1.82) is 0 Å². The number of anilines is 1. The third kappa shape index (κ3) is 3.88. The molecule has 0 saturated carbocycles. The van der Waals surface area contributed by atoms with Crippen molar-refractivity contribution in [1.82, 2.24) is 4.98 Å². The summed E-state index contributed by atoms with van der Waals surface area (Å²) in [6, 6.07) is 5.89. The van der Waals surface area contributed by atoms with Gasteiger partial charge in [-0.2, -0.15) is 0 Å². The predicted octanol–water partition coefficient (Wildman–Crippen LogP) is 2.83. The molecule has 0 atom stereocenters. The molecule has 0 bridgehead atoms. The molecule has 1 aromatic carbocycles. The number of nitrogens with one attached hydrogen (secondary N) is 1. The van der Waals surface area contributed by atoms with Gasteiger partial charge in [0.25, 0.3) is 5.88 Å². The minimum atomic E-state index is -3.43. The summed E-state index contributed by atoms with van der Waals surface area (Å²) in [5, 5.41) is 0. The quantitative estimate of drug-likeness (QED) is 0.942. The Labute approximate surface area is 120 Å². The molecule has 8 heteroatoms. The Balaban J connectivity index is 2.28. The fourth-order valence-electron chi connectivity index (χ4n) is 1.55. The van der Waals surface area contributed by atoms with Crippen LogP contribution in [0, 0.1) is 18.6 Å². The third-order valence-electron chi connectivity index (χ3n) is 2.52. The Morgan fingerprint density at radius 1 is 1.29 bits per heavy atom. The van der Waals surface area contributed by atoms with Crippen LogP contribution in [-0.4, -0.2) is 19.7 Å². The smallest absolute Gasteiger partial charge is 0.256 e. The van der Waals surface area contributed by atoms with Gasteiger partial charge in [-0.15, -0.1) is 0 Å². The topological polar surface area (TPSA) is 68.3 Å². The number of nitrogens with zero attached hydrogens (tertiary/aromatic N) is 1. The van der Waals surface area contributed by atoms with E-state index in [9.17, 15) is 17.2 Å². The Bertz CT molecular complexity index is 779. The Morgan fingerprint density at radius 2 is 2.00 bits per heavy atom. The SMILES string of the molecule is Cc1c(F)cnc(Oc2cccc(NS(C)(=O)=O)c2)c1F. The highest BCUT2D eigenvalue weighted by atomic mass is 32.2. The van der Waals surface area contributed by atoms with Crippen LogP contribution in [0.25, 0.3) is 0 Å². The highest BCUT2D eigenvalue weighted by Crippen LogP contribution is 2.27. The molecule has 0 amide bonds. The summed E-state index contributed by atoms with van der Waals surface area (Å²) < 4.78 is 56.6. The van der Waals surface area contributed by atoms with E-state index in [4.69, 9.17) is 4.74 Å². The fourth-order valence-corrected chi connectivity index (χ4v) is 2.11. The van der Waals surface area contributed by atoms with Crippen LogP contribution in [-0.2, 0) is 10.0 Å². The molecular formula is C13H12F2N2O3S. The van der Waals surface area contributed by atoms with Gasteiger partial charge in [0.15, 0.2) is 5.82 Å². The molecule has 0 spiro atoms. The zero-order chi connectivity index (χ0) is 15.6. The Morgan fingerprint density at radius 3 is 2.67 bits per heavy atom. The lowest BCUT2D eigenvalue weighted by atomic mass is 10.2. The molecule has 0 aliphatic rings. The third-order valence-corrected chi connectivity index (χ3v) is 3.13. The van der Waals surface area contributed by atoms with Gasteiger partial charge in [-0.05, 0) is 19.1 Å². The van der Waals surface area contributed by atoms with Gasteiger partial charge in [-0.1, -0.05) is 6.07 Å². The first kappa shape index (κ1) is 15.2. The number of hydrogen-bond donors (Lipinski definition) is 1. The number of halogens is 2. The summed E-state index contributed by atoms with van der Waals surface area (Å²) in [5.74, 6) is -1.89. The van der Waals surface area contributed by atoms with E-state index in [0.29, 0.717) is 0 Å². The molecule has 2 rings (SSSR count). The molecule has 0 aliphatic carbocycles. The maximum Gasteiger partial charge on any atom is 0.256 e. The number of ether oxygens (including phenoxy) is 1. The zero-order valence-corrected chi connectivity index (χ0v) is 12.0. The first-order chi connectivity index (χ1) is 9.76. The second-order valence-corrected chi connectivity index (χ2v) is 6.10. The molecular weight excluding hydrogens is 302 g/mol. The van der Waals surface area contributed by atoms with Crippen LogP contribution >= 0.6 is 0 Å². The fraction of sp³-hybridized carbons (Fsp3) is 0.154. The van der Waals surface area contributed by atoms with Crippen LogP contribution in [0.4, 0.5) is 14.5 Å². The molecule has 0 aliphatic heterocycles. The van der Waals surface area contributed by atoms with Gasteiger partial charge >= 0.3 is 0 Å². The Hall–Kier alpha value is -2.22. The van der Waals surface area contributed by atoms with Crippen LogP contribution in [0.1, 0.15) is 5.56 Å². The van der Waals surface area contributed by atoms with Crippen LogP contribution in [0.15, 0.2) is 30.5 Å². The first-order valence-electron chi connectivity index (χ1n) is 5.82. The van der Waals surface area contributed by atoms with Gasteiger partial charge in [0.05, 0.1) is 18.1 Å². The highest BCUT2D eigenvalue weighted by molar-refractivity contribution is 7.92. The predicted molar refractivity (Wildman–Crippen MR) is 73.9 cm³/mol. The summed E-state index contributed by atoms with van der Waals surface area (Å²) in [7, 11) is -3.43. The van der Waals surface area contributed by atoms with Crippen LogP contribution in [0.2, 0.25) is 0 Å². The van der Waals surface area contributed by atoms with Crippen molar-refractivity contribution in [3.8, 4) is 11.6 Å². The number of aromatic nitrogens is 1. The second-order valence-electron chi connectivity index (χ2n) is 4.35.